The topological polar surface area (TPSA) is 43.8 Å². The minimum Gasteiger partial charge on any atom is -0.326 e. The molecule has 3 heteroatoms. The first kappa shape index (κ1) is 10.9. The van der Waals surface area contributed by atoms with E-state index in [4.69, 9.17) is 5.73 Å². The summed E-state index contributed by atoms with van der Waals surface area (Å²) < 4.78 is 2.00. The first-order valence-electron chi connectivity index (χ1n) is 5.58. The van der Waals surface area contributed by atoms with Gasteiger partial charge in [-0.25, -0.2) is 0 Å². The molecule has 0 amide bonds. The maximum Gasteiger partial charge on any atom is 0.0684 e. The summed E-state index contributed by atoms with van der Waals surface area (Å²) >= 11 is 0. The number of rotatable bonds is 3. The molecule has 0 unspecified atom stereocenters. The molecule has 16 heavy (non-hydrogen) atoms. The molecule has 0 aliphatic rings. The lowest BCUT2D eigenvalue weighted by atomic mass is 10.0. The van der Waals surface area contributed by atoms with Crippen molar-refractivity contribution in [1.82, 2.24) is 9.78 Å². The summed E-state index contributed by atoms with van der Waals surface area (Å²) in [7, 11) is 0. The van der Waals surface area contributed by atoms with Crippen LogP contribution in [0.15, 0.2) is 30.5 Å². The van der Waals surface area contributed by atoms with Gasteiger partial charge in [-0.15, -0.1) is 0 Å². The fraction of sp³-hybridized carbons (Fsp3) is 0.308. The average molecular weight is 215 g/mol. The van der Waals surface area contributed by atoms with Gasteiger partial charge in [0.2, 0.25) is 0 Å². The Morgan fingerprint density at radius 1 is 1.31 bits per heavy atom. The van der Waals surface area contributed by atoms with Crippen LogP contribution in [-0.2, 0) is 13.1 Å². The van der Waals surface area contributed by atoms with Gasteiger partial charge in [0.05, 0.1) is 5.69 Å². The summed E-state index contributed by atoms with van der Waals surface area (Å²) in [5.74, 6) is 0. The molecule has 0 atom stereocenters. The van der Waals surface area contributed by atoms with Gasteiger partial charge in [0.15, 0.2) is 0 Å². The van der Waals surface area contributed by atoms with Gasteiger partial charge in [-0.05, 0) is 31.0 Å². The van der Waals surface area contributed by atoms with Crippen molar-refractivity contribution in [3.05, 3.63) is 41.6 Å². The molecule has 1 aromatic heterocycles. The number of nitrogens with two attached hydrogens (primary N) is 1. The summed E-state index contributed by atoms with van der Waals surface area (Å²) in [5.41, 5.74) is 10.4. The van der Waals surface area contributed by atoms with Crippen molar-refractivity contribution in [3.8, 4) is 11.3 Å². The molecule has 2 aromatic rings. The van der Waals surface area contributed by atoms with Crippen molar-refractivity contribution in [2.75, 3.05) is 0 Å². The Balaban J connectivity index is 2.48. The second-order valence-electron chi connectivity index (χ2n) is 3.89. The highest BCUT2D eigenvalue weighted by Gasteiger charge is 2.07. The predicted octanol–water partition coefficient (Wildman–Crippen LogP) is 2.34. The molecule has 0 saturated heterocycles. The number of aryl methyl sites for hydroxylation is 2. The zero-order valence-corrected chi connectivity index (χ0v) is 9.77. The van der Waals surface area contributed by atoms with Crippen LogP contribution >= 0.6 is 0 Å². The fourth-order valence-corrected chi connectivity index (χ4v) is 1.95. The highest BCUT2D eigenvalue weighted by molar-refractivity contribution is 5.64. The molecule has 2 rings (SSSR count). The number of aromatic nitrogens is 2. The van der Waals surface area contributed by atoms with Crippen molar-refractivity contribution in [2.24, 2.45) is 5.73 Å². The highest BCUT2D eigenvalue weighted by atomic mass is 15.3. The molecule has 0 radical (unpaired) electrons. The third-order valence-corrected chi connectivity index (χ3v) is 2.82. The normalized spacial score (nSPS) is 10.7. The summed E-state index contributed by atoms with van der Waals surface area (Å²) in [6.07, 6.45) is 1.84. The Kier molecular flexibility index (Phi) is 3.06. The molecule has 0 spiro atoms. The summed E-state index contributed by atoms with van der Waals surface area (Å²) in [5, 5.41) is 4.29. The molecule has 0 fully saturated rings. The van der Waals surface area contributed by atoms with Crippen LogP contribution in [0.25, 0.3) is 11.3 Å². The van der Waals surface area contributed by atoms with Gasteiger partial charge in [-0.1, -0.05) is 18.2 Å². The molecule has 0 aliphatic carbocycles. The highest BCUT2D eigenvalue weighted by Crippen LogP contribution is 2.23. The molecule has 3 nitrogen and oxygen atoms in total. The molecule has 84 valence electrons. The SMILES string of the molecule is CCn1nccc1-c1ccc(CN)cc1C. The summed E-state index contributed by atoms with van der Waals surface area (Å²) in [6, 6.07) is 8.40. The first-order valence-corrected chi connectivity index (χ1v) is 5.58. The molecule has 2 N–H and O–H groups in total. The molecule has 1 aromatic carbocycles. The number of hydrogen-bond donors (Lipinski definition) is 1. The zero-order valence-electron chi connectivity index (χ0n) is 9.77. The third-order valence-electron chi connectivity index (χ3n) is 2.82. The van der Waals surface area contributed by atoms with Crippen LogP contribution < -0.4 is 5.73 Å². The lowest BCUT2D eigenvalue weighted by Gasteiger charge is -2.09. The van der Waals surface area contributed by atoms with Crippen LogP contribution in [0.5, 0.6) is 0 Å². The second kappa shape index (κ2) is 4.49. The second-order valence-corrected chi connectivity index (χ2v) is 3.89. The Hall–Kier alpha value is -1.61. The van der Waals surface area contributed by atoms with Crippen LogP contribution in [0.1, 0.15) is 18.1 Å². The van der Waals surface area contributed by atoms with Crippen molar-refractivity contribution >= 4 is 0 Å². The molecule has 0 aliphatic heterocycles. The van der Waals surface area contributed by atoms with Gasteiger partial charge < -0.3 is 5.73 Å². The fourth-order valence-electron chi connectivity index (χ4n) is 1.95. The lowest BCUT2D eigenvalue weighted by Crippen LogP contribution is -2.01. The van der Waals surface area contributed by atoms with Gasteiger partial charge in [-0.3, -0.25) is 4.68 Å². The standard InChI is InChI=1S/C13H17N3/c1-3-16-13(6-7-15-16)12-5-4-11(9-14)8-10(12)2/h4-8H,3,9,14H2,1-2H3. The van der Waals surface area contributed by atoms with Gasteiger partial charge in [0.1, 0.15) is 0 Å². The van der Waals surface area contributed by atoms with Crippen LogP contribution in [0, 0.1) is 6.92 Å². The van der Waals surface area contributed by atoms with E-state index in [2.05, 4.69) is 37.1 Å². The van der Waals surface area contributed by atoms with Gasteiger partial charge >= 0.3 is 0 Å². The number of hydrogen-bond acceptors (Lipinski definition) is 2. The summed E-state index contributed by atoms with van der Waals surface area (Å²) in [6.45, 7) is 5.69. The third kappa shape index (κ3) is 1.86. The van der Waals surface area contributed by atoms with E-state index < -0.39 is 0 Å². The minimum atomic E-state index is 0.591. The van der Waals surface area contributed by atoms with E-state index in [1.165, 1.54) is 22.4 Å². The molecule has 1 heterocycles. The van der Waals surface area contributed by atoms with E-state index in [9.17, 15) is 0 Å². The largest absolute Gasteiger partial charge is 0.326 e. The van der Waals surface area contributed by atoms with Crippen molar-refractivity contribution in [1.29, 1.82) is 0 Å². The van der Waals surface area contributed by atoms with E-state index in [0.717, 1.165) is 6.54 Å². The smallest absolute Gasteiger partial charge is 0.0684 e. The van der Waals surface area contributed by atoms with E-state index in [1.807, 2.05) is 16.9 Å². The zero-order chi connectivity index (χ0) is 11.5. The van der Waals surface area contributed by atoms with E-state index >= 15 is 0 Å². The lowest BCUT2D eigenvalue weighted by molar-refractivity contribution is 0.667. The molecular formula is C13H17N3. The van der Waals surface area contributed by atoms with E-state index in [0.29, 0.717) is 6.54 Å². The Morgan fingerprint density at radius 2 is 2.12 bits per heavy atom. The van der Waals surface area contributed by atoms with Crippen molar-refractivity contribution < 1.29 is 0 Å². The molecule has 0 bridgehead atoms. The summed E-state index contributed by atoms with van der Waals surface area (Å²) in [4.78, 5) is 0. The van der Waals surface area contributed by atoms with Crippen LogP contribution in [0.2, 0.25) is 0 Å². The van der Waals surface area contributed by atoms with Crippen molar-refractivity contribution in [2.45, 2.75) is 26.9 Å². The van der Waals surface area contributed by atoms with Crippen molar-refractivity contribution in [3.63, 3.8) is 0 Å². The first-order chi connectivity index (χ1) is 7.76. The number of nitrogens with zero attached hydrogens (tertiary/aromatic N) is 2. The number of benzene rings is 1. The van der Waals surface area contributed by atoms with Gasteiger partial charge in [0, 0.05) is 24.8 Å². The van der Waals surface area contributed by atoms with Crippen LogP contribution in [0.4, 0.5) is 0 Å². The monoisotopic (exact) mass is 215 g/mol. The van der Waals surface area contributed by atoms with Crippen LogP contribution in [-0.4, -0.2) is 9.78 Å². The van der Waals surface area contributed by atoms with E-state index in [1.54, 1.807) is 0 Å². The Labute approximate surface area is 95.9 Å². The quantitative estimate of drug-likeness (QED) is 0.854. The maximum atomic E-state index is 5.63. The van der Waals surface area contributed by atoms with E-state index in [-0.39, 0.29) is 0 Å². The molecule has 0 saturated carbocycles. The van der Waals surface area contributed by atoms with Crippen LogP contribution in [0.3, 0.4) is 0 Å². The maximum absolute atomic E-state index is 5.63. The Bertz CT molecular complexity index is 486. The minimum absolute atomic E-state index is 0.591. The predicted molar refractivity (Wildman–Crippen MR) is 66.0 cm³/mol. The average Bonchev–Trinajstić information content (AvgIpc) is 2.76. The van der Waals surface area contributed by atoms with Gasteiger partial charge in [0.25, 0.3) is 0 Å². The Morgan fingerprint density at radius 3 is 2.75 bits per heavy atom. The van der Waals surface area contributed by atoms with Gasteiger partial charge in [-0.2, -0.15) is 5.10 Å². The molecular weight excluding hydrogens is 198 g/mol.